The van der Waals surface area contributed by atoms with Crippen LogP contribution in [0.2, 0.25) is 0 Å². The fraction of sp³-hybridized carbons (Fsp3) is 0.378. The first kappa shape index (κ1) is 34.0. The molecule has 45 heavy (non-hydrogen) atoms. The average molecular weight is 628 g/mol. The second-order valence-electron chi connectivity index (χ2n) is 12.1. The summed E-state index contributed by atoms with van der Waals surface area (Å²) in [5.41, 5.74) is 8.96. The minimum atomic E-state index is -1.10. The number of carbonyl (C=O) groups excluding carboxylic acids is 2. The highest BCUT2D eigenvalue weighted by Crippen LogP contribution is 2.34. The molecule has 1 unspecified atom stereocenters. The number of aliphatic hydroxyl groups excluding tert-OH is 1. The monoisotopic (exact) mass is 627 g/mol. The molecule has 7 nitrogen and oxygen atoms in total. The summed E-state index contributed by atoms with van der Waals surface area (Å²) in [4.78, 5) is 33.1. The third-order valence-corrected chi connectivity index (χ3v) is 9.28. The number of carbonyl (C=O) groups is 2. The van der Waals surface area contributed by atoms with E-state index in [0.29, 0.717) is 12.8 Å². The van der Waals surface area contributed by atoms with Gasteiger partial charge in [-0.15, -0.1) is 11.3 Å². The fourth-order valence-corrected chi connectivity index (χ4v) is 6.72. The molecule has 4 aromatic rings. The van der Waals surface area contributed by atoms with Crippen molar-refractivity contribution in [3.63, 3.8) is 0 Å². The van der Waals surface area contributed by atoms with Crippen molar-refractivity contribution in [1.29, 1.82) is 0 Å². The van der Waals surface area contributed by atoms with Crippen molar-refractivity contribution in [3.05, 3.63) is 124 Å². The average Bonchev–Trinajstić information content (AvgIpc) is 3.52. The first-order valence-electron chi connectivity index (χ1n) is 15.7. The summed E-state index contributed by atoms with van der Waals surface area (Å²) in [6.45, 7) is 5.96. The third-order valence-electron chi connectivity index (χ3n) is 8.00. The zero-order valence-corrected chi connectivity index (χ0v) is 27.2. The van der Waals surface area contributed by atoms with Gasteiger partial charge in [-0.25, -0.2) is 9.78 Å². The number of hydrogen-bond donors (Lipinski definition) is 3. The van der Waals surface area contributed by atoms with Gasteiger partial charge in [-0.3, -0.25) is 4.79 Å². The van der Waals surface area contributed by atoms with Crippen molar-refractivity contribution in [3.8, 4) is 0 Å². The first-order chi connectivity index (χ1) is 21.7. The highest BCUT2D eigenvalue weighted by atomic mass is 32.1. The van der Waals surface area contributed by atoms with Crippen LogP contribution in [-0.2, 0) is 40.9 Å². The van der Waals surface area contributed by atoms with Crippen LogP contribution in [0.1, 0.15) is 60.2 Å². The van der Waals surface area contributed by atoms with Crippen LogP contribution in [0.4, 0.5) is 4.79 Å². The van der Waals surface area contributed by atoms with Crippen LogP contribution in [0.15, 0.2) is 97.2 Å². The Morgan fingerprint density at radius 1 is 0.933 bits per heavy atom. The standard InChI is InChI=1S/C37H45N3O4S/c1-4-14-30-24-39-35(45-30)37(38,22-28-17-10-6-11-18-28)23-32(41)31(21-27-15-8-5-9-16-27)34(42)33(26(2)3)40-36(43)44-25-29-19-12-7-13-20-29/h5-13,15-20,24,26,31-33,41H,4,14,21-23,25,38H2,1-3H3,(H,40,43)/t31-,32-,33-,37?/m0/s1. The molecule has 0 saturated carbocycles. The van der Waals surface area contributed by atoms with Gasteiger partial charge < -0.3 is 20.9 Å². The van der Waals surface area contributed by atoms with E-state index < -0.39 is 29.7 Å². The van der Waals surface area contributed by atoms with Gasteiger partial charge in [0.2, 0.25) is 0 Å². The van der Waals surface area contributed by atoms with Gasteiger partial charge in [0.25, 0.3) is 0 Å². The molecule has 8 heteroatoms. The number of aromatic nitrogens is 1. The van der Waals surface area contributed by atoms with Gasteiger partial charge in [-0.1, -0.05) is 118 Å². The predicted octanol–water partition coefficient (Wildman–Crippen LogP) is 6.62. The van der Waals surface area contributed by atoms with Crippen molar-refractivity contribution in [2.75, 3.05) is 0 Å². The van der Waals surface area contributed by atoms with Crippen LogP contribution in [-0.4, -0.2) is 34.1 Å². The summed E-state index contributed by atoms with van der Waals surface area (Å²) in [5.74, 6) is -1.33. The normalized spacial score (nSPS) is 14.7. The van der Waals surface area contributed by atoms with Crippen LogP contribution in [0.25, 0.3) is 0 Å². The largest absolute Gasteiger partial charge is 0.445 e. The van der Waals surface area contributed by atoms with E-state index in [1.807, 2.05) is 111 Å². The lowest BCUT2D eigenvalue weighted by Crippen LogP contribution is -2.51. The molecule has 0 bridgehead atoms. The van der Waals surface area contributed by atoms with Gasteiger partial charge in [0.15, 0.2) is 5.78 Å². The molecule has 238 valence electrons. The van der Waals surface area contributed by atoms with E-state index in [4.69, 9.17) is 15.5 Å². The van der Waals surface area contributed by atoms with Crippen molar-refractivity contribution < 1.29 is 19.4 Å². The number of ketones is 1. The molecule has 4 rings (SSSR count). The molecule has 1 amide bonds. The summed E-state index contributed by atoms with van der Waals surface area (Å²) in [7, 11) is 0. The minimum Gasteiger partial charge on any atom is -0.445 e. The predicted molar refractivity (Wildman–Crippen MR) is 180 cm³/mol. The number of Topliss-reactive ketones (excluding diaryl/α,β-unsaturated/α-hetero) is 1. The molecule has 4 atom stereocenters. The van der Waals surface area contributed by atoms with Crippen LogP contribution in [0, 0.1) is 11.8 Å². The van der Waals surface area contributed by atoms with E-state index in [9.17, 15) is 14.7 Å². The number of nitrogens with zero attached hydrogens (tertiary/aromatic N) is 1. The van der Waals surface area contributed by atoms with Gasteiger partial charge in [0.05, 0.1) is 17.7 Å². The maximum absolute atomic E-state index is 14.3. The summed E-state index contributed by atoms with van der Waals surface area (Å²) in [6, 6.07) is 28.0. The van der Waals surface area contributed by atoms with Gasteiger partial charge in [-0.2, -0.15) is 0 Å². The Balaban J connectivity index is 1.60. The topological polar surface area (TPSA) is 115 Å². The van der Waals surface area contributed by atoms with Crippen LogP contribution in [0.5, 0.6) is 0 Å². The van der Waals surface area contributed by atoms with E-state index in [-0.39, 0.29) is 24.7 Å². The lowest BCUT2D eigenvalue weighted by molar-refractivity contribution is -0.130. The third kappa shape index (κ3) is 9.82. The number of nitrogens with one attached hydrogen (secondary N) is 1. The maximum Gasteiger partial charge on any atom is 0.408 e. The summed E-state index contributed by atoms with van der Waals surface area (Å²) >= 11 is 1.57. The lowest BCUT2D eigenvalue weighted by Gasteiger charge is -2.34. The number of ether oxygens (including phenoxy) is 1. The summed E-state index contributed by atoms with van der Waals surface area (Å²) < 4.78 is 5.45. The molecule has 0 aliphatic carbocycles. The van der Waals surface area contributed by atoms with Gasteiger partial charge in [0.1, 0.15) is 11.6 Å². The second kappa shape index (κ2) is 16.5. The zero-order chi connectivity index (χ0) is 32.2. The van der Waals surface area contributed by atoms with Crippen molar-refractivity contribution in [1.82, 2.24) is 10.3 Å². The molecule has 0 saturated heterocycles. The molecule has 4 N–H and O–H groups in total. The van der Waals surface area contributed by atoms with E-state index in [1.165, 1.54) is 0 Å². The maximum atomic E-state index is 14.3. The molecule has 0 spiro atoms. The molecule has 0 aliphatic heterocycles. The molecule has 0 radical (unpaired) electrons. The van der Waals surface area contributed by atoms with Crippen LogP contribution in [0.3, 0.4) is 0 Å². The number of alkyl carbamates (subject to hydrolysis) is 1. The van der Waals surface area contributed by atoms with Crippen LogP contribution >= 0.6 is 11.3 Å². The number of thiazole rings is 1. The molecule has 1 heterocycles. The Hall–Kier alpha value is -3.85. The number of rotatable bonds is 16. The SMILES string of the molecule is CCCc1cnc(C(N)(Cc2ccccc2)C[C@H](O)[C@H](Cc2ccccc2)C(=O)[C@@H](NC(=O)OCc2ccccc2)C(C)C)s1. The van der Waals surface area contributed by atoms with Crippen molar-refractivity contribution in [2.24, 2.45) is 17.6 Å². The van der Waals surface area contributed by atoms with Gasteiger partial charge in [0, 0.05) is 17.0 Å². The van der Waals surface area contributed by atoms with E-state index in [1.54, 1.807) is 11.3 Å². The Morgan fingerprint density at radius 2 is 1.51 bits per heavy atom. The Bertz CT molecular complexity index is 1480. The number of hydrogen-bond acceptors (Lipinski definition) is 7. The first-order valence-corrected chi connectivity index (χ1v) is 16.5. The molecular weight excluding hydrogens is 582 g/mol. The highest BCUT2D eigenvalue weighted by molar-refractivity contribution is 7.11. The fourth-order valence-electron chi connectivity index (χ4n) is 5.59. The number of aryl methyl sites for hydroxylation is 1. The molecule has 3 aromatic carbocycles. The van der Waals surface area contributed by atoms with E-state index in [2.05, 4.69) is 12.2 Å². The van der Waals surface area contributed by atoms with Crippen LogP contribution < -0.4 is 11.1 Å². The molecule has 0 aliphatic rings. The zero-order valence-electron chi connectivity index (χ0n) is 26.4. The number of nitrogens with two attached hydrogens (primary N) is 1. The van der Waals surface area contributed by atoms with E-state index in [0.717, 1.165) is 39.4 Å². The molecule has 1 aromatic heterocycles. The minimum absolute atomic E-state index is 0.0881. The Labute approximate surface area is 270 Å². The lowest BCUT2D eigenvalue weighted by atomic mass is 9.77. The Morgan fingerprint density at radius 3 is 2.09 bits per heavy atom. The second-order valence-corrected chi connectivity index (χ2v) is 13.2. The summed E-state index contributed by atoms with van der Waals surface area (Å²) in [6.07, 6.45) is 2.85. The number of benzene rings is 3. The molecular formula is C37H45N3O4S. The van der Waals surface area contributed by atoms with E-state index >= 15 is 0 Å². The van der Waals surface area contributed by atoms with Gasteiger partial charge >= 0.3 is 6.09 Å². The number of aliphatic hydroxyl groups is 1. The van der Waals surface area contributed by atoms with Crippen molar-refractivity contribution in [2.45, 2.75) is 77.2 Å². The Kier molecular flexibility index (Phi) is 12.4. The number of amides is 1. The van der Waals surface area contributed by atoms with Gasteiger partial charge in [-0.05, 0) is 48.3 Å². The smallest absolute Gasteiger partial charge is 0.408 e. The summed E-state index contributed by atoms with van der Waals surface area (Å²) in [5, 5.41) is 15.5. The van der Waals surface area contributed by atoms with Crippen molar-refractivity contribution >= 4 is 23.2 Å². The molecule has 0 fully saturated rings. The quantitative estimate of drug-likeness (QED) is 0.129. The highest BCUT2D eigenvalue weighted by Gasteiger charge is 2.41.